The van der Waals surface area contributed by atoms with E-state index in [1.54, 1.807) is 6.92 Å². The lowest BCUT2D eigenvalue weighted by molar-refractivity contribution is -0.119. The van der Waals surface area contributed by atoms with E-state index in [2.05, 4.69) is 39.0 Å². The van der Waals surface area contributed by atoms with Gasteiger partial charge in [-0.25, -0.2) is 4.40 Å². The van der Waals surface area contributed by atoms with Crippen LogP contribution >= 0.6 is 11.9 Å². The summed E-state index contributed by atoms with van der Waals surface area (Å²) >= 11 is 1.08. The number of Topliss-reactive ketones (excluding diaryl/α,β-unsaturated/α-hetero) is 1. The minimum atomic E-state index is -0.487. The number of carbonyl (C=O) groups excluding carboxylic acids is 1. The monoisotopic (exact) mass is 372 g/mol. The van der Waals surface area contributed by atoms with Crippen molar-refractivity contribution in [1.82, 2.24) is 0 Å². The van der Waals surface area contributed by atoms with Crippen LogP contribution in [0.5, 0.6) is 0 Å². The molecule has 0 aromatic heterocycles. The maximum atomic E-state index is 12.2. The van der Waals surface area contributed by atoms with Gasteiger partial charge in [0.15, 0.2) is 0 Å². The molecule has 5 heteroatoms. The second-order valence-electron chi connectivity index (χ2n) is 8.04. The van der Waals surface area contributed by atoms with Gasteiger partial charge in [0, 0.05) is 6.42 Å². The molecule has 148 valence electrons. The summed E-state index contributed by atoms with van der Waals surface area (Å²) < 4.78 is 3.99. The number of hydrogen-bond donors (Lipinski definition) is 2. The summed E-state index contributed by atoms with van der Waals surface area (Å²) in [5, 5.41) is 8.88. The Hall–Kier alpha value is -0.550. The fourth-order valence-electron chi connectivity index (χ4n) is 3.27. The lowest BCUT2D eigenvalue weighted by Crippen LogP contribution is -2.27. The van der Waals surface area contributed by atoms with Crippen LogP contribution in [0.15, 0.2) is 4.40 Å². The van der Waals surface area contributed by atoms with E-state index in [0.29, 0.717) is 23.1 Å². The number of hydrogen-bond acceptors (Lipinski definition) is 4. The number of aliphatic hydroxyl groups is 1. The van der Waals surface area contributed by atoms with E-state index in [-0.39, 0.29) is 12.4 Å². The van der Waals surface area contributed by atoms with Gasteiger partial charge in [-0.2, -0.15) is 0 Å². The van der Waals surface area contributed by atoms with Gasteiger partial charge < -0.3 is 10.8 Å². The van der Waals surface area contributed by atoms with Crippen molar-refractivity contribution >= 4 is 23.6 Å². The van der Waals surface area contributed by atoms with Crippen molar-refractivity contribution in [3.63, 3.8) is 0 Å². The number of unbranched alkanes of at least 4 members (excludes halogenated alkanes) is 1. The average molecular weight is 373 g/mol. The molecule has 0 spiro atoms. The molecule has 0 aromatic carbocycles. The van der Waals surface area contributed by atoms with Gasteiger partial charge in [-0.15, -0.1) is 0 Å². The van der Waals surface area contributed by atoms with Crippen LogP contribution in [0, 0.1) is 10.8 Å². The summed E-state index contributed by atoms with van der Waals surface area (Å²) in [7, 11) is 0. The predicted molar refractivity (Wildman–Crippen MR) is 111 cm³/mol. The Bertz CT molecular complexity index is 418. The zero-order valence-corrected chi connectivity index (χ0v) is 18.0. The normalized spacial score (nSPS) is 16.5. The van der Waals surface area contributed by atoms with Crippen molar-refractivity contribution in [3.8, 4) is 0 Å². The highest BCUT2D eigenvalue weighted by atomic mass is 32.2. The fourth-order valence-corrected chi connectivity index (χ4v) is 3.87. The third kappa shape index (κ3) is 9.64. The van der Waals surface area contributed by atoms with E-state index in [0.717, 1.165) is 31.2 Å². The standard InChI is InChI=1S/C20H40N2O2S/c1-7-19(5,8-2)15-20(6,9-3)13-11-10-12-17(24)18(14-23)25-22-16(4)21/h18,23H,7-15H2,1-6H3,(H2,21,22). The number of aliphatic hydroxyl groups excluding tert-OH is 1. The Balaban J connectivity index is 4.43. The first-order valence-corrected chi connectivity index (χ1v) is 10.6. The second-order valence-corrected chi connectivity index (χ2v) is 9.00. The number of amidine groups is 1. The Labute approximate surface area is 159 Å². The molecule has 25 heavy (non-hydrogen) atoms. The molecule has 2 atom stereocenters. The minimum absolute atomic E-state index is 0.0719. The Kier molecular flexibility index (Phi) is 11.7. The lowest BCUT2D eigenvalue weighted by atomic mass is 9.67. The van der Waals surface area contributed by atoms with Gasteiger partial charge in [0.1, 0.15) is 16.9 Å². The highest BCUT2D eigenvalue weighted by Gasteiger charge is 2.31. The van der Waals surface area contributed by atoms with Crippen LogP contribution in [0.25, 0.3) is 0 Å². The van der Waals surface area contributed by atoms with Crippen molar-refractivity contribution < 1.29 is 9.90 Å². The van der Waals surface area contributed by atoms with E-state index in [9.17, 15) is 9.90 Å². The third-order valence-corrected chi connectivity index (χ3v) is 6.78. The van der Waals surface area contributed by atoms with Crippen molar-refractivity contribution in [2.45, 2.75) is 98.2 Å². The molecule has 0 radical (unpaired) electrons. The topological polar surface area (TPSA) is 75.7 Å². The summed E-state index contributed by atoms with van der Waals surface area (Å²) in [5.41, 5.74) is 6.25. The van der Waals surface area contributed by atoms with E-state index >= 15 is 0 Å². The summed E-state index contributed by atoms with van der Waals surface area (Å²) in [4.78, 5) is 12.2. The zero-order chi connectivity index (χ0) is 19.5. The smallest absolute Gasteiger partial charge is 0.150 e. The minimum Gasteiger partial charge on any atom is -0.395 e. The van der Waals surface area contributed by atoms with Crippen molar-refractivity contribution in [2.75, 3.05) is 6.61 Å². The molecule has 0 aliphatic carbocycles. The molecule has 0 fully saturated rings. The van der Waals surface area contributed by atoms with E-state index in [4.69, 9.17) is 5.73 Å². The van der Waals surface area contributed by atoms with Crippen molar-refractivity contribution in [1.29, 1.82) is 0 Å². The van der Waals surface area contributed by atoms with Crippen LogP contribution < -0.4 is 5.73 Å². The second kappa shape index (κ2) is 11.9. The summed E-state index contributed by atoms with van der Waals surface area (Å²) in [6, 6.07) is 0. The van der Waals surface area contributed by atoms with Gasteiger partial charge in [0.2, 0.25) is 0 Å². The van der Waals surface area contributed by atoms with Gasteiger partial charge in [0.05, 0.1) is 6.61 Å². The maximum Gasteiger partial charge on any atom is 0.150 e. The van der Waals surface area contributed by atoms with Crippen LogP contribution in [-0.4, -0.2) is 28.6 Å². The largest absolute Gasteiger partial charge is 0.395 e. The molecule has 0 amide bonds. The molecule has 0 saturated heterocycles. The molecule has 0 heterocycles. The van der Waals surface area contributed by atoms with Crippen LogP contribution in [0.2, 0.25) is 0 Å². The SMILES string of the molecule is CCC(C)(CC)CC(C)(CC)CCCCC(=O)C(CO)SN=C(C)N. The van der Waals surface area contributed by atoms with Crippen molar-refractivity contribution in [3.05, 3.63) is 0 Å². The average Bonchev–Trinajstić information content (AvgIpc) is 2.59. The highest BCUT2D eigenvalue weighted by molar-refractivity contribution is 7.99. The first-order chi connectivity index (χ1) is 11.6. The molecule has 0 aliphatic heterocycles. The van der Waals surface area contributed by atoms with Gasteiger partial charge >= 0.3 is 0 Å². The Morgan fingerprint density at radius 2 is 1.68 bits per heavy atom. The zero-order valence-electron chi connectivity index (χ0n) is 17.2. The quantitative estimate of drug-likeness (QED) is 0.192. The van der Waals surface area contributed by atoms with E-state index < -0.39 is 5.25 Å². The first kappa shape index (κ1) is 24.5. The van der Waals surface area contributed by atoms with Gasteiger partial charge in [-0.1, -0.05) is 60.3 Å². The molecular formula is C20H40N2O2S. The maximum absolute atomic E-state index is 12.2. The number of nitrogens with two attached hydrogens (primary N) is 1. The Morgan fingerprint density at radius 1 is 1.12 bits per heavy atom. The van der Waals surface area contributed by atoms with Crippen LogP contribution in [0.4, 0.5) is 0 Å². The number of ketones is 1. The predicted octanol–water partition coefficient (Wildman–Crippen LogP) is 5.13. The van der Waals surface area contributed by atoms with Crippen LogP contribution in [-0.2, 0) is 4.79 Å². The lowest BCUT2D eigenvalue weighted by Gasteiger charge is -2.38. The third-order valence-electron chi connectivity index (χ3n) is 5.72. The van der Waals surface area contributed by atoms with Crippen molar-refractivity contribution in [2.24, 2.45) is 21.0 Å². The molecule has 0 rings (SSSR count). The molecular weight excluding hydrogens is 332 g/mol. The van der Waals surface area contributed by atoms with E-state index in [1.165, 1.54) is 25.7 Å². The number of rotatable bonds is 14. The molecule has 3 N–H and O–H groups in total. The van der Waals surface area contributed by atoms with Gasteiger partial charge in [0.25, 0.3) is 0 Å². The van der Waals surface area contributed by atoms with Crippen LogP contribution in [0.3, 0.4) is 0 Å². The fraction of sp³-hybridized carbons (Fsp3) is 0.900. The summed E-state index contributed by atoms with van der Waals surface area (Å²) in [5.74, 6) is 0.493. The molecule has 4 nitrogen and oxygen atoms in total. The van der Waals surface area contributed by atoms with Gasteiger partial charge in [-0.05, 0) is 49.0 Å². The molecule has 0 aromatic rings. The molecule has 2 unspecified atom stereocenters. The highest BCUT2D eigenvalue weighted by Crippen LogP contribution is 2.43. The van der Waals surface area contributed by atoms with Gasteiger partial charge in [-0.3, -0.25) is 4.79 Å². The Morgan fingerprint density at radius 3 is 2.12 bits per heavy atom. The summed E-state index contributed by atoms with van der Waals surface area (Å²) in [6.45, 7) is 13.1. The molecule has 0 saturated carbocycles. The first-order valence-electron chi connectivity index (χ1n) is 9.74. The number of nitrogens with zero attached hydrogens (tertiary/aromatic N) is 1. The molecule has 0 aliphatic rings. The van der Waals surface area contributed by atoms with E-state index in [1.807, 2.05) is 0 Å². The number of carbonyl (C=O) groups is 1. The molecule has 0 bridgehead atoms. The van der Waals surface area contributed by atoms with Crippen LogP contribution in [0.1, 0.15) is 92.9 Å². The summed E-state index contributed by atoms with van der Waals surface area (Å²) in [6.07, 6.45) is 8.46.